The van der Waals surface area contributed by atoms with Crippen LogP contribution in [-0.2, 0) is 10.2 Å². The van der Waals surface area contributed by atoms with Crippen LogP contribution in [0.1, 0.15) is 44.2 Å². The van der Waals surface area contributed by atoms with Crippen molar-refractivity contribution in [3.05, 3.63) is 59.8 Å². The minimum atomic E-state index is -3.61. The zero-order valence-corrected chi connectivity index (χ0v) is 21.2. The van der Waals surface area contributed by atoms with Gasteiger partial charge in [-0.25, -0.2) is 4.72 Å². The molecule has 8 heteroatoms. The van der Waals surface area contributed by atoms with Gasteiger partial charge in [-0.3, -0.25) is 0 Å². The van der Waals surface area contributed by atoms with Crippen molar-refractivity contribution < 1.29 is 17.9 Å². The molecule has 0 aliphatic carbocycles. The van der Waals surface area contributed by atoms with Gasteiger partial charge in [-0.05, 0) is 54.5 Å². The van der Waals surface area contributed by atoms with Crippen molar-refractivity contribution >= 4 is 21.1 Å². The molecule has 0 saturated carbocycles. The van der Waals surface area contributed by atoms with Gasteiger partial charge in [0, 0.05) is 42.7 Å². The van der Waals surface area contributed by atoms with Gasteiger partial charge in [-0.1, -0.05) is 38.1 Å². The van der Waals surface area contributed by atoms with Gasteiger partial charge in [-0.15, -0.1) is 0 Å². The van der Waals surface area contributed by atoms with Crippen LogP contribution in [0.25, 0.3) is 10.9 Å². The van der Waals surface area contributed by atoms with Crippen LogP contribution in [0.5, 0.6) is 11.5 Å². The number of H-pyrrole nitrogens is 1. The maximum absolute atomic E-state index is 13.3. The van der Waals surface area contributed by atoms with Crippen LogP contribution >= 0.6 is 0 Å². The Balaban J connectivity index is 1.68. The molecule has 0 bridgehead atoms. The number of methoxy groups -OCH3 is 1. The number of hydrogen-bond donors (Lipinski definition) is 2. The van der Waals surface area contributed by atoms with Crippen molar-refractivity contribution in [2.75, 3.05) is 33.4 Å². The van der Waals surface area contributed by atoms with E-state index < -0.39 is 10.2 Å². The number of nitrogens with one attached hydrogen (secondary N) is 2. The van der Waals surface area contributed by atoms with Crippen molar-refractivity contribution in [2.24, 2.45) is 11.8 Å². The van der Waals surface area contributed by atoms with Crippen molar-refractivity contribution in [1.82, 2.24) is 14.0 Å². The highest BCUT2D eigenvalue weighted by atomic mass is 32.2. The van der Waals surface area contributed by atoms with Gasteiger partial charge in [0.1, 0.15) is 0 Å². The number of fused-ring (bicyclic) bond motifs is 1. The Bertz CT molecular complexity index is 1210. The van der Waals surface area contributed by atoms with Crippen LogP contribution in [-0.4, -0.2) is 51.1 Å². The molecule has 2 aromatic carbocycles. The minimum absolute atomic E-state index is 0.213. The van der Waals surface area contributed by atoms with Gasteiger partial charge in [0.15, 0.2) is 11.5 Å². The summed E-state index contributed by atoms with van der Waals surface area (Å²) in [5.41, 5.74) is 3.00. The lowest BCUT2D eigenvalue weighted by Gasteiger charge is -2.34. The summed E-state index contributed by atoms with van der Waals surface area (Å²) in [4.78, 5) is 3.33. The van der Waals surface area contributed by atoms with E-state index in [4.69, 9.17) is 9.47 Å². The quantitative estimate of drug-likeness (QED) is 0.467. The lowest BCUT2D eigenvalue weighted by Crippen LogP contribution is -2.48. The Labute approximate surface area is 202 Å². The molecule has 1 saturated heterocycles. The molecule has 0 amide bonds. The number of piperidine rings is 1. The van der Waals surface area contributed by atoms with Crippen molar-refractivity contribution in [3.8, 4) is 11.5 Å². The second-order valence-corrected chi connectivity index (χ2v) is 11.1. The maximum Gasteiger partial charge on any atom is 0.279 e. The average Bonchev–Trinajstić information content (AvgIpc) is 3.23. The van der Waals surface area contributed by atoms with E-state index in [1.165, 1.54) is 0 Å². The number of benzene rings is 2. The van der Waals surface area contributed by atoms with Gasteiger partial charge in [-0.2, -0.15) is 12.7 Å². The molecule has 34 heavy (non-hydrogen) atoms. The highest BCUT2D eigenvalue weighted by Crippen LogP contribution is 2.36. The summed E-state index contributed by atoms with van der Waals surface area (Å²) in [5.74, 6) is 1.78. The number of aromatic amines is 1. The van der Waals surface area contributed by atoms with Crippen LogP contribution in [0, 0.1) is 11.8 Å². The highest BCUT2D eigenvalue weighted by molar-refractivity contribution is 7.87. The van der Waals surface area contributed by atoms with Gasteiger partial charge in [0.2, 0.25) is 0 Å². The lowest BCUT2D eigenvalue weighted by atomic mass is 9.91. The first kappa shape index (κ1) is 24.6. The molecule has 1 aliphatic heterocycles. The Morgan fingerprint density at radius 3 is 2.56 bits per heavy atom. The molecule has 2 N–H and O–H groups in total. The summed E-state index contributed by atoms with van der Waals surface area (Å²) in [7, 11) is -2.00. The molecular weight excluding hydrogens is 450 g/mol. The zero-order valence-electron chi connectivity index (χ0n) is 20.4. The van der Waals surface area contributed by atoms with Crippen LogP contribution < -0.4 is 14.2 Å². The van der Waals surface area contributed by atoms with Crippen molar-refractivity contribution in [1.29, 1.82) is 0 Å². The van der Waals surface area contributed by atoms with Crippen molar-refractivity contribution in [3.63, 3.8) is 0 Å². The van der Waals surface area contributed by atoms with Crippen LogP contribution in [0.15, 0.2) is 48.7 Å². The SMILES string of the molecule is CCOc1ccc(C(CNS(=O)(=O)N2CC(C)CC(C)C2)c2c[nH]c3ccccc23)cc1OC. The van der Waals surface area contributed by atoms with E-state index in [0.29, 0.717) is 43.0 Å². The van der Waals surface area contributed by atoms with E-state index in [-0.39, 0.29) is 12.5 Å². The molecule has 1 aromatic heterocycles. The number of rotatable bonds is 9. The van der Waals surface area contributed by atoms with E-state index in [0.717, 1.165) is 28.5 Å². The molecule has 3 atom stereocenters. The standard InChI is InChI=1S/C26H35N3O4S/c1-5-33-25-11-10-20(13-26(25)32-4)22(23-14-27-24-9-7-6-8-21(23)24)15-28-34(30,31)29-16-18(2)12-19(3)17-29/h6-11,13-14,18-19,22,27-28H,5,12,15-17H2,1-4H3. The molecule has 3 aromatic rings. The number of para-hydroxylation sites is 1. The minimum Gasteiger partial charge on any atom is -0.493 e. The Hall–Kier alpha value is -2.55. The zero-order chi connectivity index (χ0) is 24.3. The van der Waals surface area contributed by atoms with Crippen LogP contribution in [0.2, 0.25) is 0 Å². The Kier molecular flexibility index (Phi) is 7.50. The second-order valence-electron chi connectivity index (χ2n) is 9.30. The number of aromatic nitrogens is 1. The molecule has 3 unspecified atom stereocenters. The van der Waals surface area contributed by atoms with Gasteiger partial charge >= 0.3 is 0 Å². The smallest absolute Gasteiger partial charge is 0.279 e. The summed E-state index contributed by atoms with van der Waals surface area (Å²) >= 11 is 0. The molecule has 2 heterocycles. The first-order valence-corrected chi connectivity index (χ1v) is 13.4. The van der Waals surface area contributed by atoms with E-state index >= 15 is 0 Å². The number of hydrogen-bond acceptors (Lipinski definition) is 4. The Morgan fingerprint density at radius 2 is 1.85 bits per heavy atom. The largest absolute Gasteiger partial charge is 0.493 e. The molecule has 4 rings (SSSR count). The fourth-order valence-corrected chi connectivity index (χ4v) is 6.51. The predicted octanol–water partition coefficient (Wildman–Crippen LogP) is 4.52. The maximum atomic E-state index is 13.3. The molecule has 1 aliphatic rings. The fourth-order valence-electron chi connectivity index (χ4n) is 5.05. The molecular formula is C26H35N3O4S. The third kappa shape index (κ3) is 5.24. The summed E-state index contributed by atoms with van der Waals surface area (Å²) < 4.78 is 42.3. The van der Waals surface area contributed by atoms with Gasteiger partial charge < -0.3 is 14.5 Å². The first-order valence-electron chi connectivity index (χ1n) is 11.9. The van der Waals surface area contributed by atoms with E-state index in [2.05, 4.69) is 29.6 Å². The third-order valence-electron chi connectivity index (χ3n) is 6.53. The van der Waals surface area contributed by atoms with Crippen LogP contribution in [0.3, 0.4) is 0 Å². The van der Waals surface area contributed by atoms with E-state index in [9.17, 15) is 8.42 Å². The second kappa shape index (κ2) is 10.4. The topological polar surface area (TPSA) is 83.7 Å². The predicted molar refractivity (Wildman–Crippen MR) is 136 cm³/mol. The molecule has 1 fully saturated rings. The van der Waals surface area contributed by atoms with E-state index in [1.807, 2.05) is 49.5 Å². The highest BCUT2D eigenvalue weighted by Gasteiger charge is 2.31. The van der Waals surface area contributed by atoms with Gasteiger partial charge in [0.25, 0.3) is 10.2 Å². The lowest BCUT2D eigenvalue weighted by molar-refractivity contribution is 0.220. The normalized spacial score (nSPS) is 20.4. The summed E-state index contributed by atoms with van der Waals surface area (Å²) in [6, 6.07) is 13.9. The Morgan fingerprint density at radius 1 is 1.12 bits per heavy atom. The monoisotopic (exact) mass is 485 g/mol. The molecule has 7 nitrogen and oxygen atoms in total. The van der Waals surface area contributed by atoms with Gasteiger partial charge in [0.05, 0.1) is 13.7 Å². The number of ether oxygens (including phenoxy) is 2. The van der Waals surface area contributed by atoms with Crippen LogP contribution in [0.4, 0.5) is 0 Å². The summed E-state index contributed by atoms with van der Waals surface area (Å²) in [5, 5.41) is 1.07. The van der Waals surface area contributed by atoms with E-state index in [1.54, 1.807) is 11.4 Å². The molecule has 0 spiro atoms. The molecule has 0 radical (unpaired) electrons. The third-order valence-corrected chi connectivity index (χ3v) is 8.04. The first-order chi connectivity index (χ1) is 16.3. The molecule has 184 valence electrons. The summed E-state index contributed by atoms with van der Waals surface area (Å²) in [6.07, 6.45) is 3.02. The number of nitrogens with zero attached hydrogens (tertiary/aromatic N) is 1. The summed E-state index contributed by atoms with van der Waals surface area (Å²) in [6.45, 7) is 8.02. The van der Waals surface area contributed by atoms with Crippen molar-refractivity contribution in [2.45, 2.75) is 33.1 Å². The fraction of sp³-hybridized carbons (Fsp3) is 0.462. The average molecular weight is 486 g/mol.